The highest BCUT2D eigenvalue weighted by atomic mass is 16.5. The number of fused-ring (bicyclic) bond motifs is 2. The molecule has 0 saturated carbocycles. The van der Waals surface area contributed by atoms with Crippen molar-refractivity contribution >= 4 is 39.2 Å². The number of amides is 1. The SMILES string of the molecule is COc1ccc(C(=O)c2oc3ccccc3c2NC(=O)c2nn(C)c3ccc(C)cc3c2=O)cc1. The van der Waals surface area contributed by atoms with E-state index < -0.39 is 17.1 Å². The fourth-order valence-electron chi connectivity index (χ4n) is 4.01. The van der Waals surface area contributed by atoms with Crippen LogP contribution >= 0.6 is 0 Å². The van der Waals surface area contributed by atoms with Gasteiger partial charge in [0.15, 0.2) is 11.5 Å². The zero-order chi connectivity index (χ0) is 24.7. The third-order valence-corrected chi connectivity index (χ3v) is 5.82. The second-order valence-corrected chi connectivity index (χ2v) is 8.14. The number of para-hydroxylation sites is 1. The number of carbonyl (C=O) groups is 2. The summed E-state index contributed by atoms with van der Waals surface area (Å²) in [7, 11) is 3.20. The molecule has 0 unspecified atom stereocenters. The predicted octanol–water partition coefficient (Wildman–Crippen LogP) is 4.48. The lowest BCUT2D eigenvalue weighted by Gasteiger charge is -2.09. The zero-order valence-corrected chi connectivity index (χ0v) is 19.3. The van der Waals surface area contributed by atoms with Gasteiger partial charge in [0.25, 0.3) is 5.91 Å². The Morgan fingerprint density at radius 1 is 1.00 bits per heavy atom. The average molecular weight is 467 g/mol. The van der Waals surface area contributed by atoms with Gasteiger partial charge in [-0.25, -0.2) is 0 Å². The van der Waals surface area contributed by atoms with Crippen LogP contribution < -0.4 is 15.5 Å². The Morgan fingerprint density at radius 3 is 2.49 bits per heavy atom. The number of furan rings is 1. The number of ether oxygens (including phenoxy) is 1. The molecular weight excluding hydrogens is 446 g/mol. The summed E-state index contributed by atoms with van der Waals surface area (Å²) in [6.07, 6.45) is 0. The number of hydrogen-bond acceptors (Lipinski definition) is 6. The van der Waals surface area contributed by atoms with Crippen LogP contribution in [0.5, 0.6) is 5.75 Å². The number of ketones is 1. The van der Waals surface area contributed by atoms with E-state index in [4.69, 9.17) is 9.15 Å². The summed E-state index contributed by atoms with van der Waals surface area (Å²) in [5.74, 6) is -0.593. The Labute approximate surface area is 199 Å². The van der Waals surface area contributed by atoms with Gasteiger partial charge in [0.05, 0.1) is 23.7 Å². The second-order valence-electron chi connectivity index (χ2n) is 8.14. The molecule has 1 N–H and O–H groups in total. The molecule has 0 aliphatic rings. The molecule has 5 aromatic rings. The van der Waals surface area contributed by atoms with Gasteiger partial charge in [-0.2, -0.15) is 5.10 Å². The standard InChI is InChI=1S/C27H21N3O5/c1-15-8-13-20-19(14-15)25(32)23(29-30(20)2)27(33)28-22-18-6-4-5-7-21(18)35-26(22)24(31)16-9-11-17(34-3)12-10-16/h4-14H,1-3H3,(H,28,33). The first-order chi connectivity index (χ1) is 16.9. The summed E-state index contributed by atoms with van der Waals surface area (Å²) >= 11 is 0. The van der Waals surface area contributed by atoms with Crippen LogP contribution in [0.4, 0.5) is 5.69 Å². The van der Waals surface area contributed by atoms with Crippen molar-refractivity contribution in [3.8, 4) is 5.75 Å². The molecule has 0 bridgehead atoms. The Balaban J connectivity index is 1.60. The third kappa shape index (κ3) is 3.85. The number of nitrogens with one attached hydrogen (secondary N) is 1. The van der Waals surface area contributed by atoms with Gasteiger partial charge in [-0.1, -0.05) is 23.8 Å². The van der Waals surface area contributed by atoms with Crippen molar-refractivity contribution < 1.29 is 18.7 Å². The largest absolute Gasteiger partial charge is 0.497 e. The van der Waals surface area contributed by atoms with Crippen molar-refractivity contribution in [1.29, 1.82) is 0 Å². The number of aromatic nitrogens is 2. The number of aryl methyl sites for hydroxylation is 2. The first kappa shape index (κ1) is 22.1. The van der Waals surface area contributed by atoms with E-state index in [1.54, 1.807) is 67.7 Å². The van der Waals surface area contributed by atoms with E-state index in [9.17, 15) is 14.4 Å². The van der Waals surface area contributed by atoms with Crippen LogP contribution in [0.3, 0.4) is 0 Å². The molecular formula is C27H21N3O5. The lowest BCUT2D eigenvalue weighted by molar-refractivity contribution is 0.101. The van der Waals surface area contributed by atoms with E-state index in [-0.39, 0.29) is 17.1 Å². The Bertz CT molecular complexity index is 1680. The van der Waals surface area contributed by atoms with Gasteiger partial charge in [-0.3, -0.25) is 19.1 Å². The van der Waals surface area contributed by atoms with Crippen LogP contribution in [0, 0.1) is 6.92 Å². The lowest BCUT2D eigenvalue weighted by atomic mass is 10.1. The highest BCUT2D eigenvalue weighted by Crippen LogP contribution is 2.33. The Morgan fingerprint density at radius 2 is 1.74 bits per heavy atom. The van der Waals surface area contributed by atoms with Crippen LogP contribution in [0.1, 0.15) is 32.2 Å². The minimum absolute atomic E-state index is 0.0434. The number of nitrogens with zero attached hydrogens (tertiary/aromatic N) is 2. The van der Waals surface area contributed by atoms with Gasteiger partial charge >= 0.3 is 0 Å². The number of anilines is 1. The topological polar surface area (TPSA) is 103 Å². The van der Waals surface area contributed by atoms with Gasteiger partial charge in [-0.15, -0.1) is 0 Å². The van der Waals surface area contributed by atoms with Crippen molar-refractivity contribution in [2.24, 2.45) is 7.05 Å². The van der Waals surface area contributed by atoms with Gasteiger partial charge in [0, 0.05) is 18.0 Å². The molecule has 0 saturated heterocycles. The molecule has 8 heteroatoms. The Hall–Kier alpha value is -4.72. The normalized spacial score (nSPS) is 11.1. The van der Waals surface area contributed by atoms with Crippen molar-refractivity contribution in [2.45, 2.75) is 6.92 Å². The number of rotatable bonds is 5. The first-order valence-electron chi connectivity index (χ1n) is 10.9. The summed E-state index contributed by atoms with van der Waals surface area (Å²) in [5, 5.41) is 7.84. The van der Waals surface area contributed by atoms with E-state index in [1.807, 2.05) is 13.0 Å². The molecule has 0 radical (unpaired) electrons. The summed E-state index contributed by atoms with van der Waals surface area (Å²) in [5.41, 5.74) is 1.69. The molecule has 3 aromatic carbocycles. The van der Waals surface area contributed by atoms with Gasteiger partial charge < -0.3 is 14.5 Å². The summed E-state index contributed by atoms with van der Waals surface area (Å²) in [4.78, 5) is 39.7. The van der Waals surface area contributed by atoms with Crippen LogP contribution in [0.2, 0.25) is 0 Å². The molecule has 0 fully saturated rings. The average Bonchev–Trinajstić information content (AvgIpc) is 3.24. The second kappa shape index (κ2) is 8.57. The molecule has 35 heavy (non-hydrogen) atoms. The van der Waals surface area contributed by atoms with Crippen molar-refractivity contribution in [3.63, 3.8) is 0 Å². The summed E-state index contributed by atoms with van der Waals surface area (Å²) in [6.45, 7) is 1.87. The maximum atomic E-state index is 13.3. The molecule has 0 spiro atoms. The van der Waals surface area contributed by atoms with Crippen LogP contribution in [0.25, 0.3) is 21.9 Å². The maximum absolute atomic E-state index is 13.3. The lowest BCUT2D eigenvalue weighted by Crippen LogP contribution is -2.27. The molecule has 174 valence electrons. The molecule has 0 atom stereocenters. The third-order valence-electron chi connectivity index (χ3n) is 5.82. The molecule has 1 amide bonds. The molecule has 5 rings (SSSR count). The number of hydrogen-bond donors (Lipinski definition) is 1. The highest BCUT2D eigenvalue weighted by molar-refractivity contribution is 6.18. The van der Waals surface area contributed by atoms with Crippen molar-refractivity contribution in [3.05, 3.63) is 99.5 Å². The van der Waals surface area contributed by atoms with E-state index in [2.05, 4.69) is 10.4 Å². The minimum atomic E-state index is -0.732. The molecule has 2 heterocycles. The van der Waals surface area contributed by atoms with E-state index >= 15 is 0 Å². The fraction of sp³-hybridized carbons (Fsp3) is 0.111. The number of carbonyl (C=O) groups excluding carboxylic acids is 2. The smallest absolute Gasteiger partial charge is 0.280 e. The maximum Gasteiger partial charge on any atom is 0.280 e. The van der Waals surface area contributed by atoms with E-state index in [0.717, 1.165) is 5.56 Å². The van der Waals surface area contributed by atoms with Crippen LogP contribution in [-0.2, 0) is 7.05 Å². The molecule has 0 aliphatic carbocycles. The van der Waals surface area contributed by atoms with Crippen LogP contribution in [0.15, 0.2) is 75.9 Å². The highest BCUT2D eigenvalue weighted by Gasteiger charge is 2.25. The molecule has 2 aromatic heterocycles. The fourth-order valence-corrected chi connectivity index (χ4v) is 4.01. The summed E-state index contributed by atoms with van der Waals surface area (Å²) < 4.78 is 12.5. The first-order valence-corrected chi connectivity index (χ1v) is 10.9. The Kier molecular flexibility index (Phi) is 5.41. The van der Waals surface area contributed by atoms with Gasteiger partial charge in [0.1, 0.15) is 11.3 Å². The minimum Gasteiger partial charge on any atom is -0.497 e. The number of benzene rings is 3. The summed E-state index contributed by atoms with van der Waals surface area (Å²) in [6, 6.07) is 18.9. The molecule has 0 aliphatic heterocycles. The molecule has 8 nitrogen and oxygen atoms in total. The van der Waals surface area contributed by atoms with E-state index in [1.165, 1.54) is 11.8 Å². The predicted molar refractivity (Wildman–Crippen MR) is 132 cm³/mol. The van der Waals surface area contributed by atoms with Gasteiger partial charge in [-0.05, 0) is 55.5 Å². The zero-order valence-electron chi connectivity index (χ0n) is 19.3. The van der Waals surface area contributed by atoms with Crippen molar-refractivity contribution in [1.82, 2.24) is 9.78 Å². The van der Waals surface area contributed by atoms with Crippen molar-refractivity contribution in [2.75, 3.05) is 12.4 Å². The van der Waals surface area contributed by atoms with Gasteiger partial charge in [0.2, 0.25) is 11.2 Å². The number of methoxy groups -OCH3 is 1. The van der Waals surface area contributed by atoms with E-state index in [0.29, 0.717) is 33.2 Å². The quantitative estimate of drug-likeness (QED) is 0.382. The van der Waals surface area contributed by atoms with Crippen LogP contribution in [-0.4, -0.2) is 28.6 Å². The monoisotopic (exact) mass is 467 g/mol.